The van der Waals surface area contributed by atoms with Gasteiger partial charge in [-0.15, -0.1) is 0 Å². The van der Waals surface area contributed by atoms with Gasteiger partial charge in [-0.1, -0.05) is 5.11 Å². The smallest absolute Gasteiger partial charge is 0.338 e. The molecule has 0 saturated carbocycles. The number of pyridine rings is 2. The maximum absolute atomic E-state index is 11.0. The van der Waals surface area contributed by atoms with Crippen LogP contribution in [0.4, 0.5) is 0 Å². The molecule has 0 spiro atoms. The molecule has 0 aromatic carbocycles. The normalized spacial score (nSPS) is 11.6. The van der Waals surface area contributed by atoms with Gasteiger partial charge in [0, 0.05) is 35.8 Å². The van der Waals surface area contributed by atoms with Crippen LogP contribution in [0.15, 0.2) is 49.2 Å². The fourth-order valence-corrected chi connectivity index (χ4v) is 2.25. The minimum Gasteiger partial charge on any atom is -0.502 e. The van der Waals surface area contributed by atoms with Gasteiger partial charge < -0.3 is 14.6 Å². The highest BCUT2D eigenvalue weighted by Gasteiger charge is 2.35. The maximum Gasteiger partial charge on any atom is 0.338 e. The van der Waals surface area contributed by atoms with E-state index in [0.29, 0.717) is 28.8 Å². The van der Waals surface area contributed by atoms with Crippen LogP contribution in [0.1, 0.15) is 10.4 Å². The quantitative estimate of drug-likeness (QED) is 0.444. The molecule has 0 unspecified atom stereocenters. The lowest BCUT2D eigenvalue weighted by Crippen LogP contribution is -2.50. The van der Waals surface area contributed by atoms with Crippen LogP contribution in [-0.2, 0) is 0 Å². The van der Waals surface area contributed by atoms with E-state index in [-0.39, 0.29) is 10.7 Å². The number of carboxylic acid groups (broad SMARTS) is 1. The second kappa shape index (κ2) is 8.26. The number of rotatable bonds is 7. The Morgan fingerprint density at radius 1 is 1.00 bits per heavy atom. The summed E-state index contributed by atoms with van der Waals surface area (Å²) >= 11 is 0. The molecule has 0 aliphatic carbocycles. The standard InChI is InChI=1S/C17H19B5N4O4/c18-16(19,20)17(21,22)30-12-2-1-3-24-14(12)29-11-4-9(5-23-8-11)13-25-6-10(7-26-13)15(27)28/h1-8H,18-22H2,(H,27,28). The zero-order valence-electron chi connectivity index (χ0n) is 17.6. The predicted octanol–water partition coefficient (Wildman–Crippen LogP) is -2.30. The SMILES string of the molecule is BC(B)(B)C(B)(B)Oc1cccnc1Oc1cncc(-c2ncc(C(=O)O)cn2)c1. The summed E-state index contributed by atoms with van der Waals surface area (Å²) in [4.78, 5) is 27.6. The monoisotopic (exact) mass is 398 g/mol. The van der Waals surface area contributed by atoms with Crippen LogP contribution in [0, 0.1) is 0 Å². The average Bonchev–Trinajstić information content (AvgIpc) is 2.69. The summed E-state index contributed by atoms with van der Waals surface area (Å²) in [5.41, 5.74) is 0.591. The number of hydrogen-bond acceptors (Lipinski definition) is 7. The molecule has 146 valence electrons. The molecule has 30 heavy (non-hydrogen) atoms. The van der Waals surface area contributed by atoms with Gasteiger partial charge in [0.05, 0.1) is 35.3 Å². The molecule has 13 heteroatoms. The van der Waals surface area contributed by atoms with E-state index in [1.807, 2.05) is 15.7 Å². The van der Waals surface area contributed by atoms with Gasteiger partial charge in [0.1, 0.15) is 21.4 Å². The van der Waals surface area contributed by atoms with Crippen molar-refractivity contribution in [1.29, 1.82) is 0 Å². The summed E-state index contributed by atoms with van der Waals surface area (Å²) in [5, 5.41) is 8.41. The molecule has 0 bridgehead atoms. The van der Waals surface area contributed by atoms with Crippen molar-refractivity contribution in [2.75, 3.05) is 0 Å². The van der Waals surface area contributed by atoms with Crippen molar-refractivity contribution in [1.82, 2.24) is 19.9 Å². The Bertz CT molecular complexity index is 1060. The Hall–Kier alpha value is -3.23. The van der Waals surface area contributed by atoms with E-state index in [0.717, 1.165) is 0 Å². The zero-order chi connectivity index (χ0) is 21.9. The van der Waals surface area contributed by atoms with Crippen LogP contribution in [0.25, 0.3) is 11.4 Å². The zero-order valence-corrected chi connectivity index (χ0v) is 17.6. The van der Waals surface area contributed by atoms with Crippen molar-refractivity contribution < 1.29 is 19.4 Å². The highest BCUT2D eigenvalue weighted by molar-refractivity contribution is 6.66. The fraction of sp³-hybridized carbons (Fsp3) is 0.118. The number of nitrogens with zero attached hydrogens (tertiary/aromatic N) is 4. The minimum absolute atomic E-state index is 0.0100. The van der Waals surface area contributed by atoms with Crippen molar-refractivity contribution >= 4 is 45.2 Å². The van der Waals surface area contributed by atoms with Gasteiger partial charge in [-0.3, -0.25) is 4.98 Å². The van der Waals surface area contributed by atoms with Gasteiger partial charge >= 0.3 is 5.97 Å². The lowest BCUT2D eigenvalue weighted by Gasteiger charge is -2.40. The molecule has 0 radical (unpaired) electrons. The third-order valence-corrected chi connectivity index (χ3v) is 4.99. The van der Waals surface area contributed by atoms with Crippen LogP contribution in [0.3, 0.4) is 0 Å². The van der Waals surface area contributed by atoms with Gasteiger partial charge in [-0.2, -0.15) is 0 Å². The second-order valence-corrected chi connectivity index (χ2v) is 8.28. The van der Waals surface area contributed by atoms with Crippen LogP contribution in [0.2, 0.25) is 5.11 Å². The maximum atomic E-state index is 11.0. The Kier molecular flexibility index (Phi) is 5.91. The fourth-order valence-electron chi connectivity index (χ4n) is 2.25. The van der Waals surface area contributed by atoms with Crippen LogP contribution < -0.4 is 9.47 Å². The van der Waals surface area contributed by atoms with E-state index in [2.05, 4.69) is 43.5 Å². The Labute approximate surface area is 178 Å². The second-order valence-electron chi connectivity index (χ2n) is 8.28. The van der Waals surface area contributed by atoms with Crippen molar-refractivity contribution in [2.24, 2.45) is 0 Å². The number of carboxylic acids is 1. The van der Waals surface area contributed by atoms with Gasteiger partial charge in [-0.05, 0) is 18.2 Å². The predicted molar refractivity (Wildman–Crippen MR) is 125 cm³/mol. The van der Waals surface area contributed by atoms with E-state index < -0.39 is 11.4 Å². The molecule has 0 aliphatic rings. The van der Waals surface area contributed by atoms with E-state index >= 15 is 0 Å². The molecule has 3 heterocycles. The minimum atomic E-state index is -1.09. The third kappa shape index (κ3) is 4.84. The number of aromatic carboxylic acids is 1. The number of carbonyl (C=O) groups is 1. The molecule has 3 aromatic heterocycles. The molecule has 0 saturated heterocycles. The highest BCUT2D eigenvalue weighted by atomic mass is 16.5. The molecule has 0 atom stereocenters. The Morgan fingerprint density at radius 3 is 2.33 bits per heavy atom. The molecule has 0 amide bonds. The molecule has 0 fully saturated rings. The van der Waals surface area contributed by atoms with Gasteiger partial charge in [0.15, 0.2) is 11.6 Å². The first-order valence-electron chi connectivity index (χ1n) is 9.39. The molecular formula is C17H19B5N4O4. The van der Waals surface area contributed by atoms with Crippen molar-refractivity contribution in [3.63, 3.8) is 0 Å². The lowest BCUT2D eigenvalue weighted by molar-refractivity contribution is 0.0696. The van der Waals surface area contributed by atoms with Crippen molar-refractivity contribution in [3.8, 4) is 28.8 Å². The molecule has 8 nitrogen and oxygen atoms in total. The van der Waals surface area contributed by atoms with Crippen LogP contribution >= 0.6 is 0 Å². The van der Waals surface area contributed by atoms with E-state index in [4.69, 9.17) is 14.6 Å². The first kappa shape index (κ1) is 21.5. The highest BCUT2D eigenvalue weighted by Crippen LogP contribution is 2.35. The topological polar surface area (TPSA) is 107 Å². The third-order valence-electron chi connectivity index (χ3n) is 4.99. The summed E-state index contributed by atoms with van der Waals surface area (Å²) in [6.07, 6.45) is 7.23. The van der Waals surface area contributed by atoms with E-state index in [1.165, 1.54) is 12.4 Å². The molecule has 3 rings (SSSR count). The van der Waals surface area contributed by atoms with Gasteiger partial charge in [0.25, 0.3) is 5.88 Å². The largest absolute Gasteiger partial charge is 0.502 e. The van der Waals surface area contributed by atoms with Crippen LogP contribution in [0.5, 0.6) is 17.4 Å². The first-order valence-corrected chi connectivity index (χ1v) is 9.39. The number of ether oxygens (including phenoxy) is 2. The summed E-state index contributed by atoms with van der Waals surface area (Å²) in [7, 11) is 10.3. The van der Waals surface area contributed by atoms with Crippen molar-refractivity contribution in [3.05, 3.63) is 54.7 Å². The van der Waals surface area contributed by atoms with Gasteiger partial charge in [0.2, 0.25) is 0 Å². The lowest BCUT2D eigenvalue weighted by atomic mass is 9.28. The van der Waals surface area contributed by atoms with Crippen LogP contribution in [-0.4, -0.2) is 75.6 Å². The summed E-state index contributed by atoms with van der Waals surface area (Å²) in [6.45, 7) is 0. The van der Waals surface area contributed by atoms with Crippen molar-refractivity contribution in [2.45, 2.75) is 10.5 Å². The van der Waals surface area contributed by atoms with E-state index in [1.54, 1.807) is 36.8 Å². The summed E-state index contributed by atoms with van der Waals surface area (Å²) < 4.78 is 12.2. The first-order chi connectivity index (χ1) is 14.1. The van der Waals surface area contributed by atoms with Gasteiger partial charge in [-0.25, -0.2) is 19.7 Å². The Morgan fingerprint density at radius 2 is 1.70 bits per heavy atom. The molecule has 3 aromatic rings. The summed E-state index contributed by atoms with van der Waals surface area (Å²) in [5.74, 6) is 0.512. The summed E-state index contributed by atoms with van der Waals surface area (Å²) in [6, 6.07) is 5.30. The molecular weight excluding hydrogens is 378 g/mol. The number of aromatic nitrogens is 4. The Balaban J connectivity index is 1.86. The average molecular weight is 397 g/mol. The van der Waals surface area contributed by atoms with E-state index in [9.17, 15) is 4.79 Å². The molecule has 1 N–H and O–H groups in total. The molecule has 0 aliphatic heterocycles. The number of hydrogen-bond donors (Lipinski definition) is 1.